The lowest BCUT2D eigenvalue weighted by atomic mass is 10.0. The molecule has 2 N–H and O–H groups in total. The van der Waals surface area contributed by atoms with Crippen LogP contribution in [0.15, 0.2) is 34.7 Å². The van der Waals surface area contributed by atoms with Gasteiger partial charge in [0, 0.05) is 37.4 Å². The summed E-state index contributed by atoms with van der Waals surface area (Å²) in [5.41, 5.74) is 9.07. The van der Waals surface area contributed by atoms with Crippen molar-refractivity contribution in [2.75, 3.05) is 30.8 Å². The topological polar surface area (TPSA) is 71.4 Å². The van der Waals surface area contributed by atoms with Crippen LogP contribution in [0.2, 0.25) is 0 Å². The molecule has 2 aromatic heterocycles. The summed E-state index contributed by atoms with van der Waals surface area (Å²) in [5, 5.41) is 0.847. The molecule has 6 heteroatoms. The number of piperidine rings is 1. The zero-order valence-electron chi connectivity index (χ0n) is 16.3. The average molecular weight is 365 g/mol. The normalized spacial score (nSPS) is 16.1. The van der Waals surface area contributed by atoms with Crippen molar-refractivity contribution in [3.8, 4) is 0 Å². The summed E-state index contributed by atoms with van der Waals surface area (Å²) in [6.45, 7) is 6.69. The van der Waals surface area contributed by atoms with Crippen LogP contribution in [0.5, 0.6) is 0 Å². The minimum Gasteiger partial charge on any atom is -0.443 e. The van der Waals surface area contributed by atoms with E-state index in [2.05, 4.69) is 57.1 Å². The molecule has 0 bridgehead atoms. The molecule has 4 rings (SSSR count). The van der Waals surface area contributed by atoms with Gasteiger partial charge in [0.25, 0.3) is 0 Å². The second kappa shape index (κ2) is 7.19. The second-order valence-electron chi connectivity index (χ2n) is 7.44. The van der Waals surface area contributed by atoms with Gasteiger partial charge in [0.2, 0.25) is 5.71 Å². The summed E-state index contributed by atoms with van der Waals surface area (Å²) in [6, 6.07) is 11.2. The van der Waals surface area contributed by atoms with Gasteiger partial charge in [-0.2, -0.15) is 4.98 Å². The van der Waals surface area contributed by atoms with Crippen LogP contribution in [-0.4, -0.2) is 41.0 Å². The predicted molar refractivity (Wildman–Crippen MR) is 109 cm³/mol. The molecule has 3 aromatic rings. The summed E-state index contributed by atoms with van der Waals surface area (Å²) in [7, 11) is 2.19. The van der Waals surface area contributed by atoms with E-state index in [4.69, 9.17) is 10.2 Å². The Kier molecular flexibility index (Phi) is 4.74. The Morgan fingerprint density at radius 2 is 1.85 bits per heavy atom. The number of hydrogen-bond acceptors (Lipinski definition) is 6. The first kappa shape index (κ1) is 17.8. The fourth-order valence-electron chi connectivity index (χ4n) is 3.94. The molecule has 1 aliphatic rings. The van der Waals surface area contributed by atoms with E-state index in [1.54, 1.807) is 0 Å². The largest absolute Gasteiger partial charge is 0.443 e. The van der Waals surface area contributed by atoms with Crippen molar-refractivity contribution in [3.63, 3.8) is 0 Å². The van der Waals surface area contributed by atoms with E-state index in [0.717, 1.165) is 48.5 Å². The zero-order chi connectivity index (χ0) is 19.0. The third kappa shape index (κ3) is 3.49. The van der Waals surface area contributed by atoms with Gasteiger partial charge in [-0.05, 0) is 38.8 Å². The summed E-state index contributed by atoms with van der Waals surface area (Å²) in [6.07, 6.45) is 2.25. The Hall–Kier alpha value is -2.60. The molecule has 0 spiro atoms. The highest BCUT2D eigenvalue weighted by atomic mass is 16.3. The van der Waals surface area contributed by atoms with E-state index < -0.39 is 0 Å². The molecule has 0 unspecified atom stereocenters. The number of para-hydroxylation sites is 1. The summed E-state index contributed by atoms with van der Waals surface area (Å²) in [4.78, 5) is 13.9. The fraction of sp³-hybridized carbons (Fsp3) is 0.429. The molecule has 3 heterocycles. The third-order valence-corrected chi connectivity index (χ3v) is 5.74. The molecule has 1 saturated heterocycles. The lowest BCUT2D eigenvalue weighted by Crippen LogP contribution is -2.43. The number of rotatable bonds is 4. The third-order valence-electron chi connectivity index (χ3n) is 5.74. The van der Waals surface area contributed by atoms with Crippen LogP contribution in [0, 0.1) is 13.8 Å². The van der Waals surface area contributed by atoms with Crippen LogP contribution in [0.25, 0.3) is 11.1 Å². The van der Waals surface area contributed by atoms with E-state index in [1.165, 1.54) is 5.69 Å². The van der Waals surface area contributed by atoms with Gasteiger partial charge in [-0.1, -0.05) is 18.2 Å². The lowest BCUT2D eigenvalue weighted by molar-refractivity contribution is 0.199. The van der Waals surface area contributed by atoms with E-state index in [-0.39, 0.29) is 0 Å². The number of fused-ring (bicyclic) bond motifs is 1. The number of nitrogen functional groups attached to an aromatic ring is 1. The average Bonchev–Trinajstić information content (AvgIpc) is 2.96. The van der Waals surface area contributed by atoms with Crippen molar-refractivity contribution in [1.82, 2.24) is 14.9 Å². The number of nitrogens with two attached hydrogens (primary N) is 1. The Morgan fingerprint density at radius 3 is 2.56 bits per heavy atom. The first-order valence-electron chi connectivity index (χ1n) is 9.55. The van der Waals surface area contributed by atoms with E-state index in [9.17, 15) is 0 Å². The molecule has 1 aliphatic heterocycles. The Bertz CT molecular complexity index is 929. The molecular formula is C21H27N5O. The van der Waals surface area contributed by atoms with E-state index in [0.29, 0.717) is 24.1 Å². The summed E-state index contributed by atoms with van der Waals surface area (Å²) in [5.74, 6) is 2.11. The number of furan rings is 1. The van der Waals surface area contributed by atoms with Crippen molar-refractivity contribution >= 4 is 22.6 Å². The van der Waals surface area contributed by atoms with Crippen molar-refractivity contribution in [2.24, 2.45) is 0 Å². The first-order valence-corrected chi connectivity index (χ1v) is 9.55. The van der Waals surface area contributed by atoms with Gasteiger partial charge in [0.05, 0.1) is 11.9 Å². The quantitative estimate of drug-likeness (QED) is 0.763. The van der Waals surface area contributed by atoms with Gasteiger partial charge in [-0.15, -0.1) is 0 Å². The SMILES string of the molecule is Cc1oc2nc(CN3CCC(N(C)c4ccccc4)CC3)nc(N)c2c1C. The second-order valence-corrected chi connectivity index (χ2v) is 7.44. The van der Waals surface area contributed by atoms with E-state index >= 15 is 0 Å². The maximum atomic E-state index is 6.17. The van der Waals surface area contributed by atoms with Crippen LogP contribution in [0.1, 0.15) is 30.0 Å². The minimum atomic E-state index is 0.517. The first-order chi connectivity index (χ1) is 13.0. The smallest absolute Gasteiger partial charge is 0.231 e. The number of likely N-dealkylation sites (tertiary alicyclic amines) is 1. The van der Waals surface area contributed by atoms with Crippen LogP contribution in [-0.2, 0) is 6.54 Å². The molecule has 1 aromatic carbocycles. The number of aromatic nitrogens is 2. The highest BCUT2D eigenvalue weighted by molar-refractivity contribution is 5.88. The number of anilines is 2. The molecule has 6 nitrogen and oxygen atoms in total. The lowest BCUT2D eigenvalue weighted by Gasteiger charge is -2.37. The molecule has 0 amide bonds. The highest BCUT2D eigenvalue weighted by Crippen LogP contribution is 2.28. The fourth-order valence-corrected chi connectivity index (χ4v) is 3.94. The van der Waals surface area contributed by atoms with Crippen molar-refractivity contribution in [2.45, 2.75) is 39.3 Å². The molecule has 0 saturated carbocycles. The molecule has 0 aliphatic carbocycles. The van der Waals surface area contributed by atoms with Crippen LogP contribution in [0.3, 0.4) is 0 Å². The van der Waals surface area contributed by atoms with Crippen molar-refractivity contribution in [3.05, 3.63) is 47.5 Å². The highest BCUT2D eigenvalue weighted by Gasteiger charge is 2.24. The molecule has 142 valence electrons. The number of benzene rings is 1. The standard InChI is InChI=1S/C21H27N5O/c1-14-15(2)27-21-19(14)20(22)23-18(24-21)13-26-11-9-17(10-12-26)25(3)16-7-5-4-6-8-16/h4-8,17H,9-13H2,1-3H3,(H2,22,23,24). The zero-order valence-corrected chi connectivity index (χ0v) is 16.3. The number of nitrogens with zero attached hydrogens (tertiary/aromatic N) is 4. The van der Waals surface area contributed by atoms with Gasteiger partial charge in [0.15, 0.2) is 0 Å². The molecule has 0 radical (unpaired) electrons. The summed E-state index contributed by atoms with van der Waals surface area (Å²) >= 11 is 0. The number of aryl methyl sites for hydroxylation is 2. The van der Waals surface area contributed by atoms with Crippen LogP contribution >= 0.6 is 0 Å². The van der Waals surface area contributed by atoms with Crippen molar-refractivity contribution in [1.29, 1.82) is 0 Å². The van der Waals surface area contributed by atoms with Gasteiger partial charge in [-0.3, -0.25) is 4.90 Å². The predicted octanol–water partition coefficient (Wildman–Crippen LogP) is 3.52. The summed E-state index contributed by atoms with van der Waals surface area (Å²) < 4.78 is 5.75. The molecule has 0 atom stereocenters. The maximum absolute atomic E-state index is 6.17. The van der Waals surface area contributed by atoms with Gasteiger partial charge in [-0.25, -0.2) is 4.98 Å². The number of hydrogen-bond donors (Lipinski definition) is 1. The van der Waals surface area contributed by atoms with Crippen LogP contribution < -0.4 is 10.6 Å². The monoisotopic (exact) mass is 365 g/mol. The Balaban J connectivity index is 1.41. The molecule has 1 fully saturated rings. The van der Waals surface area contributed by atoms with Gasteiger partial charge in [0.1, 0.15) is 17.4 Å². The van der Waals surface area contributed by atoms with Gasteiger partial charge < -0.3 is 15.1 Å². The maximum Gasteiger partial charge on any atom is 0.231 e. The van der Waals surface area contributed by atoms with Crippen molar-refractivity contribution < 1.29 is 4.42 Å². The minimum absolute atomic E-state index is 0.517. The van der Waals surface area contributed by atoms with Gasteiger partial charge >= 0.3 is 0 Å². The Morgan fingerprint density at radius 1 is 1.15 bits per heavy atom. The van der Waals surface area contributed by atoms with E-state index in [1.807, 2.05) is 13.8 Å². The molecule has 27 heavy (non-hydrogen) atoms. The van der Waals surface area contributed by atoms with Crippen LogP contribution in [0.4, 0.5) is 11.5 Å². The molecular weight excluding hydrogens is 338 g/mol. The Labute approximate surface area is 160 Å².